The predicted molar refractivity (Wildman–Crippen MR) is 45.1 cm³/mol. The van der Waals surface area contributed by atoms with Crippen molar-refractivity contribution in [1.29, 1.82) is 0 Å². The lowest BCUT2D eigenvalue weighted by Crippen LogP contribution is -2.09. The van der Waals surface area contributed by atoms with E-state index in [-0.39, 0.29) is 12.0 Å². The summed E-state index contributed by atoms with van der Waals surface area (Å²) in [5.74, 6) is -1.18. The average molecular weight is 205 g/mol. The minimum absolute atomic E-state index is 0.0647. The highest BCUT2D eigenvalue weighted by Crippen LogP contribution is 2.32. The van der Waals surface area contributed by atoms with Crippen molar-refractivity contribution >= 4 is 0 Å². The first-order valence-corrected chi connectivity index (χ1v) is 4.10. The molecule has 0 heterocycles. The van der Waals surface area contributed by atoms with Gasteiger partial charge in [0.2, 0.25) is 0 Å². The molecule has 1 aromatic rings. The first kappa shape index (κ1) is 11.0. The van der Waals surface area contributed by atoms with Crippen molar-refractivity contribution in [3.8, 4) is 0 Å². The molecule has 0 nitrogen and oxygen atoms in total. The number of hydrogen-bond donors (Lipinski definition) is 0. The van der Waals surface area contributed by atoms with Crippen molar-refractivity contribution in [2.24, 2.45) is 0 Å². The van der Waals surface area contributed by atoms with E-state index in [1.165, 1.54) is 12.1 Å². The number of aryl methyl sites for hydroxylation is 1. The molecule has 1 rings (SSSR count). The van der Waals surface area contributed by atoms with Gasteiger partial charge in [-0.1, -0.05) is 19.1 Å². The molecule has 0 aliphatic carbocycles. The fourth-order valence-corrected chi connectivity index (χ4v) is 1.18. The highest BCUT2D eigenvalue weighted by molar-refractivity contribution is 5.28. The fraction of sp³-hybridized carbons (Fsp3) is 0.300. The van der Waals surface area contributed by atoms with Crippen molar-refractivity contribution in [2.45, 2.75) is 19.0 Å². The lowest BCUT2D eigenvalue weighted by atomic mass is 10.1. The van der Waals surface area contributed by atoms with E-state index in [0.717, 1.165) is 6.07 Å². The highest BCUT2D eigenvalue weighted by Gasteiger charge is 2.34. The maximum absolute atomic E-state index is 13.2. The molecule has 0 unspecified atom stereocenters. The molecule has 0 spiro atoms. The van der Waals surface area contributed by atoms with Gasteiger partial charge in [0.25, 0.3) is 0 Å². The minimum atomic E-state index is -4.62. The zero-order valence-electron chi connectivity index (χ0n) is 7.37. The Balaban J connectivity index is 3.14. The molecule has 0 atom stereocenters. The van der Waals surface area contributed by atoms with Crippen LogP contribution in [-0.2, 0) is 12.6 Å². The molecule has 0 aliphatic heterocycles. The summed E-state index contributed by atoms with van der Waals surface area (Å²) in [7, 11) is 0. The van der Waals surface area contributed by atoms with Crippen molar-refractivity contribution in [1.82, 2.24) is 0 Å². The number of alkyl halides is 3. The maximum atomic E-state index is 13.2. The van der Waals surface area contributed by atoms with Gasteiger partial charge in [-0.3, -0.25) is 0 Å². The van der Waals surface area contributed by atoms with Gasteiger partial charge in [-0.05, 0) is 24.5 Å². The topological polar surface area (TPSA) is 0 Å². The van der Waals surface area contributed by atoms with E-state index >= 15 is 0 Å². The van der Waals surface area contributed by atoms with Crippen molar-refractivity contribution in [2.75, 3.05) is 0 Å². The molecule has 0 bridgehead atoms. The molecule has 1 aromatic carbocycles. The van der Waals surface area contributed by atoms with Gasteiger partial charge in [-0.25, -0.2) is 4.39 Å². The lowest BCUT2D eigenvalue weighted by Gasteiger charge is -2.10. The molecule has 0 saturated carbocycles. The SMILES string of the molecule is [CH2]CCc1cccc(C(F)(F)F)c1F. The van der Waals surface area contributed by atoms with Crippen molar-refractivity contribution in [3.63, 3.8) is 0 Å². The van der Waals surface area contributed by atoms with E-state index in [2.05, 4.69) is 6.92 Å². The van der Waals surface area contributed by atoms with E-state index in [9.17, 15) is 17.6 Å². The lowest BCUT2D eigenvalue weighted by molar-refractivity contribution is -0.140. The Hall–Kier alpha value is -1.06. The van der Waals surface area contributed by atoms with Gasteiger partial charge in [0.1, 0.15) is 5.82 Å². The van der Waals surface area contributed by atoms with Gasteiger partial charge in [0, 0.05) is 0 Å². The molecule has 0 saturated heterocycles. The van der Waals surface area contributed by atoms with Gasteiger partial charge in [-0.2, -0.15) is 13.2 Å². The van der Waals surface area contributed by atoms with Gasteiger partial charge in [0.15, 0.2) is 0 Å². The summed E-state index contributed by atoms with van der Waals surface area (Å²) in [4.78, 5) is 0. The molecule has 1 radical (unpaired) electrons. The summed E-state index contributed by atoms with van der Waals surface area (Å²) in [5, 5.41) is 0. The normalized spacial score (nSPS) is 11.8. The van der Waals surface area contributed by atoms with Crippen molar-refractivity contribution < 1.29 is 17.6 Å². The molecule has 0 amide bonds. The summed E-state index contributed by atoms with van der Waals surface area (Å²) < 4.78 is 49.8. The number of hydrogen-bond acceptors (Lipinski definition) is 0. The minimum Gasteiger partial charge on any atom is -0.206 e. The zero-order valence-corrected chi connectivity index (χ0v) is 7.37. The Kier molecular flexibility index (Phi) is 3.13. The van der Waals surface area contributed by atoms with Gasteiger partial charge in [0.05, 0.1) is 5.56 Å². The van der Waals surface area contributed by atoms with Crippen LogP contribution in [0.25, 0.3) is 0 Å². The molecule has 14 heavy (non-hydrogen) atoms. The van der Waals surface area contributed by atoms with Crippen LogP contribution in [0.4, 0.5) is 17.6 Å². The largest absolute Gasteiger partial charge is 0.419 e. The van der Waals surface area contributed by atoms with Gasteiger partial charge >= 0.3 is 6.18 Å². The summed E-state index contributed by atoms with van der Waals surface area (Å²) in [5.41, 5.74) is -1.14. The molecule has 0 N–H and O–H groups in total. The average Bonchev–Trinajstić information content (AvgIpc) is 2.07. The maximum Gasteiger partial charge on any atom is 0.419 e. The first-order valence-electron chi connectivity index (χ1n) is 4.10. The molecule has 0 fully saturated rings. The predicted octanol–water partition coefficient (Wildman–Crippen LogP) is 3.61. The summed E-state index contributed by atoms with van der Waals surface area (Å²) >= 11 is 0. The van der Waals surface area contributed by atoms with Crippen LogP contribution in [0, 0.1) is 12.7 Å². The molecule has 0 aliphatic rings. The van der Waals surface area contributed by atoms with Gasteiger partial charge < -0.3 is 0 Å². The Morgan fingerprint density at radius 3 is 2.36 bits per heavy atom. The molecule has 0 aromatic heterocycles. The molecular formula is C10H9F4. The second-order valence-electron chi connectivity index (χ2n) is 2.88. The van der Waals surface area contributed by atoms with Crippen LogP contribution >= 0.6 is 0 Å². The molecule has 4 heteroatoms. The monoisotopic (exact) mass is 205 g/mol. The highest BCUT2D eigenvalue weighted by atomic mass is 19.4. The van der Waals surface area contributed by atoms with Crippen LogP contribution in [0.5, 0.6) is 0 Å². The van der Waals surface area contributed by atoms with E-state index in [1.54, 1.807) is 0 Å². The van der Waals surface area contributed by atoms with E-state index in [1.807, 2.05) is 0 Å². The van der Waals surface area contributed by atoms with E-state index in [0.29, 0.717) is 6.42 Å². The van der Waals surface area contributed by atoms with Crippen LogP contribution in [0.1, 0.15) is 17.5 Å². The second kappa shape index (κ2) is 3.98. The number of rotatable bonds is 2. The van der Waals surface area contributed by atoms with Crippen LogP contribution in [0.3, 0.4) is 0 Å². The number of halogens is 4. The summed E-state index contributed by atoms with van der Waals surface area (Å²) in [6, 6.07) is 3.29. The fourth-order valence-electron chi connectivity index (χ4n) is 1.18. The summed E-state index contributed by atoms with van der Waals surface area (Å²) in [6.07, 6.45) is -4.03. The van der Waals surface area contributed by atoms with Crippen LogP contribution in [-0.4, -0.2) is 0 Å². The van der Waals surface area contributed by atoms with E-state index < -0.39 is 17.6 Å². The standard InChI is InChI=1S/C10H9F4/c1-2-4-7-5-3-6-8(9(7)11)10(12,13)14/h3,5-6H,1-2,4H2. The van der Waals surface area contributed by atoms with Crippen LogP contribution in [0.15, 0.2) is 18.2 Å². The molecular weight excluding hydrogens is 196 g/mol. The van der Waals surface area contributed by atoms with Crippen LogP contribution in [0.2, 0.25) is 0 Å². The third kappa shape index (κ3) is 2.25. The Labute approximate surface area is 79.6 Å². The smallest absolute Gasteiger partial charge is 0.206 e. The zero-order chi connectivity index (χ0) is 10.8. The van der Waals surface area contributed by atoms with Crippen molar-refractivity contribution in [3.05, 3.63) is 42.1 Å². The van der Waals surface area contributed by atoms with E-state index in [4.69, 9.17) is 0 Å². The van der Waals surface area contributed by atoms with Crippen LogP contribution < -0.4 is 0 Å². The molecule has 77 valence electrons. The summed E-state index contributed by atoms with van der Waals surface area (Å²) in [6.45, 7) is 3.47. The Bertz CT molecular complexity index is 314. The number of benzene rings is 1. The Morgan fingerprint density at radius 2 is 1.86 bits per heavy atom. The quantitative estimate of drug-likeness (QED) is 0.647. The third-order valence-electron chi connectivity index (χ3n) is 1.83. The first-order chi connectivity index (χ1) is 6.46. The third-order valence-corrected chi connectivity index (χ3v) is 1.83. The van der Waals surface area contributed by atoms with Gasteiger partial charge in [-0.15, -0.1) is 0 Å². The second-order valence-corrected chi connectivity index (χ2v) is 2.88. The Morgan fingerprint density at radius 1 is 1.21 bits per heavy atom.